The lowest BCUT2D eigenvalue weighted by Gasteiger charge is -2.11. The first-order valence-corrected chi connectivity index (χ1v) is 10.2. The Hall–Kier alpha value is -3.87. The van der Waals surface area contributed by atoms with Gasteiger partial charge in [0, 0.05) is 31.9 Å². The number of anilines is 2. The lowest BCUT2D eigenvalue weighted by Crippen LogP contribution is -2.26. The molecule has 7 nitrogen and oxygen atoms in total. The van der Waals surface area contributed by atoms with Crippen molar-refractivity contribution in [1.29, 1.82) is 0 Å². The predicted molar refractivity (Wildman–Crippen MR) is 122 cm³/mol. The molecule has 0 aliphatic rings. The van der Waals surface area contributed by atoms with Gasteiger partial charge >= 0.3 is 0 Å². The molecule has 1 amide bonds. The molecule has 0 fully saturated rings. The van der Waals surface area contributed by atoms with Crippen LogP contribution < -0.4 is 15.4 Å². The number of fused-ring (bicyclic) bond motifs is 1. The van der Waals surface area contributed by atoms with Gasteiger partial charge in [0.2, 0.25) is 0 Å². The Morgan fingerprint density at radius 1 is 1.06 bits per heavy atom. The minimum Gasteiger partial charge on any atom is -0.497 e. The number of rotatable bonds is 8. The third kappa shape index (κ3) is 4.66. The number of hydrogen-bond acceptors (Lipinski definition) is 5. The number of benzene rings is 2. The van der Waals surface area contributed by atoms with E-state index in [4.69, 9.17) is 4.74 Å². The number of carbonyl (C=O) groups excluding carboxylic acids is 1. The van der Waals surface area contributed by atoms with Gasteiger partial charge in [-0.2, -0.15) is 0 Å². The number of nitrogens with one attached hydrogen (secondary N) is 2. The number of carbonyl (C=O) groups is 1. The normalized spacial score (nSPS) is 10.8. The van der Waals surface area contributed by atoms with E-state index in [1.165, 1.54) is 0 Å². The standard InChI is InChI=1S/C24H25N5O2/c1-29-21-9-4-3-8-20(21)28-22(29)10-6-16-26-24(30)19-7-5-15-25-23(19)27-17-11-13-18(31-2)14-12-17/h3-5,7-9,11-15H,6,10,16H2,1-2H3,(H,25,27)(H,26,30). The van der Waals surface area contributed by atoms with E-state index in [0.717, 1.165) is 41.1 Å². The number of aromatic nitrogens is 3. The summed E-state index contributed by atoms with van der Waals surface area (Å²) in [4.78, 5) is 21.8. The van der Waals surface area contributed by atoms with E-state index in [1.807, 2.05) is 49.5 Å². The number of ether oxygens (including phenoxy) is 1. The molecule has 31 heavy (non-hydrogen) atoms. The van der Waals surface area contributed by atoms with Crippen molar-refractivity contribution in [2.24, 2.45) is 7.05 Å². The predicted octanol–water partition coefficient (Wildman–Crippen LogP) is 4.08. The van der Waals surface area contributed by atoms with Crippen LogP contribution in [-0.4, -0.2) is 34.1 Å². The summed E-state index contributed by atoms with van der Waals surface area (Å²) in [6.07, 6.45) is 3.24. The number of para-hydroxylation sites is 2. The summed E-state index contributed by atoms with van der Waals surface area (Å²) in [5, 5.41) is 6.19. The molecule has 4 aromatic rings. The molecule has 2 aromatic carbocycles. The van der Waals surface area contributed by atoms with Gasteiger partial charge in [0.1, 0.15) is 17.4 Å². The lowest BCUT2D eigenvalue weighted by molar-refractivity contribution is 0.0953. The summed E-state index contributed by atoms with van der Waals surface area (Å²) in [6, 6.07) is 19.1. The molecule has 0 saturated heterocycles. The van der Waals surface area contributed by atoms with Gasteiger partial charge < -0.3 is 19.9 Å². The number of nitrogens with zero attached hydrogens (tertiary/aromatic N) is 3. The van der Waals surface area contributed by atoms with Crippen LogP contribution in [0.15, 0.2) is 66.9 Å². The van der Waals surface area contributed by atoms with E-state index >= 15 is 0 Å². The Bertz CT molecular complexity index is 1180. The Labute approximate surface area is 181 Å². The molecule has 158 valence electrons. The minimum atomic E-state index is -0.158. The first-order valence-electron chi connectivity index (χ1n) is 10.2. The lowest BCUT2D eigenvalue weighted by atomic mass is 10.2. The average molecular weight is 415 g/mol. The van der Waals surface area contributed by atoms with E-state index in [9.17, 15) is 4.79 Å². The van der Waals surface area contributed by atoms with Crippen molar-refractivity contribution >= 4 is 28.4 Å². The number of hydrogen-bond donors (Lipinski definition) is 2. The van der Waals surface area contributed by atoms with Crippen molar-refractivity contribution in [2.45, 2.75) is 12.8 Å². The fraction of sp³-hybridized carbons (Fsp3) is 0.208. The number of imidazole rings is 1. The van der Waals surface area contributed by atoms with Crippen LogP contribution in [0, 0.1) is 0 Å². The maximum absolute atomic E-state index is 12.7. The first-order chi connectivity index (χ1) is 15.2. The molecule has 0 spiro atoms. The highest BCUT2D eigenvalue weighted by Gasteiger charge is 2.13. The van der Waals surface area contributed by atoms with Crippen LogP contribution >= 0.6 is 0 Å². The second-order valence-corrected chi connectivity index (χ2v) is 7.19. The van der Waals surface area contributed by atoms with Gasteiger partial charge in [0.25, 0.3) is 5.91 Å². The Kier molecular flexibility index (Phi) is 6.12. The number of pyridine rings is 1. The molecular formula is C24H25N5O2. The highest BCUT2D eigenvalue weighted by atomic mass is 16.5. The van der Waals surface area contributed by atoms with Crippen LogP contribution in [0.1, 0.15) is 22.6 Å². The molecule has 0 bridgehead atoms. The second kappa shape index (κ2) is 9.30. The molecule has 2 heterocycles. The molecule has 0 unspecified atom stereocenters. The molecule has 0 aliphatic heterocycles. The molecule has 2 aromatic heterocycles. The van der Waals surface area contributed by atoms with E-state index in [1.54, 1.807) is 25.4 Å². The summed E-state index contributed by atoms with van der Waals surface area (Å²) < 4.78 is 7.29. The summed E-state index contributed by atoms with van der Waals surface area (Å²) in [6.45, 7) is 0.554. The van der Waals surface area contributed by atoms with Crippen molar-refractivity contribution in [3.63, 3.8) is 0 Å². The van der Waals surface area contributed by atoms with Crippen molar-refractivity contribution in [3.8, 4) is 5.75 Å². The van der Waals surface area contributed by atoms with Gasteiger partial charge in [0.05, 0.1) is 23.7 Å². The zero-order valence-electron chi connectivity index (χ0n) is 17.6. The van der Waals surface area contributed by atoms with Gasteiger partial charge in [-0.3, -0.25) is 4.79 Å². The van der Waals surface area contributed by atoms with Gasteiger partial charge in [-0.15, -0.1) is 0 Å². The maximum atomic E-state index is 12.7. The molecule has 4 rings (SSSR count). The van der Waals surface area contributed by atoms with E-state index in [2.05, 4.69) is 31.2 Å². The fourth-order valence-electron chi connectivity index (χ4n) is 3.46. The van der Waals surface area contributed by atoms with Crippen LogP contribution in [-0.2, 0) is 13.5 Å². The molecule has 0 aliphatic carbocycles. The van der Waals surface area contributed by atoms with Gasteiger partial charge in [-0.05, 0) is 55.0 Å². The van der Waals surface area contributed by atoms with Gasteiger partial charge in [0.15, 0.2) is 0 Å². The fourth-order valence-corrected chi connectivity index (χ4v) is 3.46. The van der Waals surface area contributed by atoms with Gasteiger partial charge in [-0.25, -0.2) is 9.97 Å². The average Bonchev–Trinajstić information content (AvgIpc) is 3.13. The highest BCUT2D eigenvalue weighted by Crippen LogP contribution is 2.21. The van der Waals surface area contributed by atoms with Crippen molar-refractivity contribution in [2.75, 3.05) is 19.0 Å². The molecule has 0 radical (unpaired) electrons. The van der Waals surface area contributed by atoms with Crippen LogP contribution in [0.25, 0.3) is 11.0 Å². The molecule has 0 atom stereocenters. The highest BCUT2D eigenvalue weighted by molar-refractivity contribution is 5.99. The SMILES string of the molecule is COc1ccc(Nc2ncccc2C(=O)NCCCc2nc3ccccc3n2C)cc1. The maximum Gasteiger partial charge on any atom is 0.255 e. The van der Waals surface area contributed by atoms with Crippen LogP contribution in [0.3, 0.4) is 0 Å². The zero-order chi connectivity index (χ0) is 21.6. The minimum absolute atomic E-state index is 0.158. The van der Waals surface area contributed by atoms with E-state index in [-0.39, 0.29) is 5.91 Å². The summed E-state index contributed by atoms with van der Waals surface area (Å²) in [5.74, 6) is 2.14. The first kappa shape index (κ1) is 20.4. The van der Waals surface area contributed by atoms with E-state index < -0.39 is 0 Å². The second-order valence-electron chi connectivity index (χ2n) is 7.19. The third-order valence-corrected chi connectivity index (χ3v) is 5.15. The van der Waals surface area contributed by atoms with Crippen LogP contribution in [0.4, 0.5) is 11.5 Å². The summed E-state index contributed by atoms with van der Waals surface area (Å²) >= 11 is 0. The largest absolute Gasteiger partial charge is 0.497 e. The summed E-state index contributed by atoms with van der Waals surface area (Å²) in [7, 11) is 3.65. The third-order valence-electron chi connectivity index (χ3n) is 5.15. The topological polar surface area (TPSA) is 81.1 Å². The number of amides is 1. The van der Waals surface area contributed by atoms with Crippen molar-refractivity contribution in [3.05, 3.63) is 78.2 Å². The molecule has 2 N–H and O–H groups in total. The number of aryl methyl sites for hydroxylation is 2. The quantitative estimate of drug-likeness (QED) is 0.424. The van der Waals surface area contributed by atoms with Crippen LogP contribution in [0.2, 0.25) is 0 Å². The Balaban J connectivity index is 1.35. The van der Waals surface area contributed by atoms with Crippen molar-refractivity contribution < 1.29 is 9.53 Å². The smallest absolute Gasteiger partial charge is 0.255 e. The van der Waals surface area contributed by atoms with Crippen molar-refractivity contribution in [1.82, 2.24) is 19.9 Å². The monoisotopic (exact) mass is 415 g/mol. The number of methoxy groups -OCH3 is 1. The van der Waals surface area contributed by atoms with Crippen LogP contribution in [0.5, 0.6) is 5.75 Å². The van der Waals surface area contributed by atoms with Gasteiger partial charge in [-0.1, -0.05) is 12.1 Å². The molecule has 0 saturated carbocycles. The Morgan fingerprint density at radius 2 is 1.87 bits per heavy atom. The molecular weight excluding hydrogens is 390 g/mol. The Morgan fingerprint density at radius 3 is 2.65 bits per heavy atom. The summed E-state index contributed by atoms with van der Waals surface area (Å²) in [5.41, 5.74) is 3.44. The van der Waals surface area contributed by atoms with E-state index in [0.29, 0.717) is 17.9 Å². The zero-order valence-corrected chi connectivity index (χ0v) is 17.6. The molecule has 7 heteroatoms.